The van der Waals surface area contributed by atoms with Crippen LogP contribution >= 0.6 is 11.5 Å². The minimum Gasteiger partial charge on any atom is -0.495 e. The third-order valence-electron chi connectivity index (χ3n) is 5.37. The zero-order chi connectivity index (χ0) is 28.0. The first-order valence-electron chi connectivity index (χ1n) is 11.3. The Balaban J connectivity index is 2.24. The molecule has 5 N–H and O–H groups in total. The summed E-state index contributed by atoms with van der Waals surface area (Å²) in [6.07, 6.45) is 0. The monoisotopic (exact) mass is 543 g/mol. The quantitative estimate of drug-likeness (QED) is 0.328. The van der Waals surface area contributed by atoms with Gasteiger partial charge in [-0.2, -0.15) is 4.37 Å². The normalized spacial score (nSPS) is 11.4. The van der Waals surface area contributed by atoms with E-state index in [1.165, 1.54) is 19.2 Å². The number of nitrogens with two attached hydrogens (primary N) is 2. The number of hydrogen-bond donors (Lipinski definition) is 3. The Morgan fingerprint density at radius 2 is 1.84 bits per heavy atom. The lowest BCUT2D eigenvalue weighted by molar-refractivity contribution is -0.143. The summed E-state index contributed by atoms with van der Waals surface area (Å²) in [6.45, 7) is 3.01. The van der Waals surface area contributed by atoms with Gasteiger partial charge in [0, 0.05) is 0 Å². The minimum absolute atomic E-state index is 0.105. The molecule has 3 amide bonds. The Bertz CT molecular complexity index is 1360. The van der Waals surface area contributed by atoms with E-state index in [1.54, 1.807) is 32.0 Å². The lowest BCUT2D eigenvalue weighted by Crippen LogP contribution is -2.45. The first-order chi connectivity index (χ1) is 18.1. The Morgan fingerprint density at radius 1 is 1.16 bits per heavy atom. The van der Waals surface area contributed by atoms with Gasteiger partial charge in [-0.1, -0.05) is 18.2 Å². The van der Waals surface area contributed by atoms with Crippen LogP contribution < -0.4 is 26.4 Å². The van der Waals surface area contributed by atoms with E-state index in [-0.39, 0.29) is 39.9 Å². The molecule has 1 aromatic heterocycles. The summed E-state index contributed by atoms with van der Waals surface area (Å²) in [5, 5.41) is 2.47. The SMILES string of the molecule is CCOC(=O)CNC(=O)[C@H](c1ccc(F)cc1)N(C(=O)c1snc(C(N)=O)c1N)c1cc(C)ccc1OC. The van der Waals surface area contributed by atoms with E-state index in [1.807, 2.05) is 0 Å². The molecule has 0 radical (unpaired) electrons. The molecule has 1 heterocycles. The van der Waals surface area contributed by atoms with Crippen molar-refractivity contribution >= 4 is 46.6 Å². The molecular formula is C25H26FN5O6S. The van der Waals surface area contributed by atoms with Gasteiger partial charge in [0.1, 0.15) is 29.0 Å². The smallest absolute Gasteiger partial charge is 0.325 e. The Hall–Kier alpha value is -4.52. The van der Waals surface area contributed by atoms with E-state index in [4.69, 9.17) is 20.9 Å². The van der Waals surface area contributed by atoms with Crippen molar-refractivity contribution in [2.24, 2.45) is 5.73 Å². The van der Waals surface area contributed by atoms with Crippen LogP contribution in [0.25, 0.3) is 0 Å². The Morgan fingerprint density at radius 3 is 2.42 bits per heavy atom. The second-order valence-corrected chi connectivity index (χ2v) is 8.74. The van der Waals surface area contributed by atoms with E-state index in [0.717, 1.165) is 22.6 Å². The van der Waals surface area contributed by atoms with Crippen molar-refractivity contribution in [1.29, 1.82) is 0 Å². The van der Waals surface area contributed by atoms with Crippen LogP contribution in [0.3, 0.4) is 0 Å². The molecule has 0 fully saturated rings. The molecule has 1 atom stereocenters. The maximum atomic E-state index is 14.1. The zero-order valence-electron chi connectivity index (χ0n) is 20.8. The molecule has 200 valence electrons. The number of nitrogens with one attached hydrogen (secondary N) is 1. The largest absolute Gasteiger partial charge is 0.495 e. The first-order valence-corrected chi connectivity index (χ1v) is 12.1. The molecule has 3 aromatic rings. The second kappa shape index (κ2) is 12.1. The number of ether oxygens (including phenoxy) is 2. The van der Waals surface area contributed by atoms with E-state index in [2.05, 4.69) is 9.69 Å². The molecule has 0 saturated heterocycles. The molecule has 0 spiro atoms. The molecule has 0 aliphatic rings. The maximum Gasteiger partial charge on any atom is 0.325 e. The topological polar surface area (TPSA) is 167 Å². The summed E-state index contributed by atoms with van der Waals surface area (Å²) < 4.78 is 28.1. The Labute approximate surface area is 221 Å². The number of esters is 1. The molecule has 11 nitrogen and oxygen atoms in total. The van der Waals surface area contributed by atoms with Gasteiger partial charge in [-0.05, 0) is 60.8 Å². The van der Waals surface area contributed by atoms with Gasteiger partial charge in [0.05, 0.1) is 25.1 Å². The third-order valence-corrected chi connectivity index (χ3v) is 6.22. The summed E-state index contributed by atoms with van der Waals surface area (Å²) in [5.41, 5.74) is 11.9. The highest BCUT2D eigenvalue weighted by molar-refractivity contribution is 7.09. The van der Waals surface area contributed by atoms with Crippen molar-refractivity contribution in [1.82, 2.24) is 9.69 Å². The average molecular weight is 544 g/mol. The van der Waals surface area contributed by atoms with Crippen LogP contribution in [0, 0.1) is 12.7 Å². The summed E-state index contributed by atoms with van der Waals surface area (Å²) in [7, 11) is 1.39. The number of nitrogen functional groups attached to an aromatic ring is 1. The van der Waals surface area contributed by atoms with Crippen LogP contribution in [0.4, 0.5) is 15.8 Å². The fraction of sp³-hybridized carbons (Fsp3) is 0.240. The van der Waals surface area contributed by atoms with Crippen LogP contribution in [0.15, 0.2) is 42.5 Å². The van der Waals surface area contributed by atoms with Crippen molar-refractivity contribution in [3.63, 3.8) is 0 Å². The molecule has 13 heteroatoms. The van der Waals surface area contributed by atoms with Gasteiger partial charge in [0.2, 0.25) is 5.91 Å². The van der Waals surface area contributed by atoms with Crippen LogP contribution in [0.2, 0.25) is 0 Å². The molecule has 0 aliphatic carbocycles. The number of hydrogen-bond acceptors (Lipinski definition) is 9. The third kappa shape index (κ3) is 6.06. The fourth-order valence-electron chi connectivity index (χ4n) is 3.62. The molecule has 3 rings (SSSR count). The van der Waals surface area contributed by atoms with Crippen molar-refractivity contribution in [3.8, 4) is 5.75 Å². The van der Waals surface area contributed by atoms with E-state index in [0.29, 0.717) is 11.5 Å². The number of aromatic nitrogens is 1. The molecule has 0 aliphatic heterocycles. The van der Waals surface area contributed by atoms with Crippen LogP contribution in [0.1, 0.15) is 44.3 Å². The summed E-state index contributed by atoms with van der Waals surface area (Å²) in [4.78, 5) is 52.3. The fourth-order valence-corrected chi connectivity index (χ4v) is 4.37. The van der Waals surface area contributed by atoms with Gasteiger partial charge in [0.15, 0.2) is 5.69 Å². The predicted octanol–water partition coefficient (Wildman–Crippen LogP) is 2.35. The van der Waals surface area contributed by atoms with Gasteiger partial charge in [-0.3, -0.25) is 24.1 Å². The maximum absolute atomic E-state index is 14.1. The van der Waals surface area contributed by atoms with Gasteiger partial charge >= 0.3 is 5.97 Å². The molecular weight excluding hydrogens is 517 g/mol. The van der Waals surface area contributed by atoms with Gasteiger partial charge < -0.3 is 26.3 Å². The highest BCUT2D eigenvalue weighted by atomic mass is 32.1. The molecule has 38 heavy (non-hydrogen) atoms. The number of anilines is 2. The molecule has 0 saturated carbocycles. The highest BCUT2D eigenvalue weighted by Gasteiger charge is 2.37. The molecule has 0 bridgehead atoms. The molecule has 0 unspecified atom stereocenters. The summed E-state index contributed by atoms with van der Waals surface area (Å²) >= 11 is 0.631. The minimum atomic E-state index is -1.44. The van der Waals surface area contributed by atoms with Gasteiger partial charge in [-0.25, -0.2) is 4.39 Å². The van der Waals surface area contributed by atoms with Crippen molar-refractivity contribution in [2.75, 3.05) is 30.9 Å². The lowest BCUT2D eigenvalue weighted by Gasteiger charge is -2.32. The number of benzene rings is 2. The van der Waals surface area contributed by atoms with Crippen molar-refractivity contribution in [3.05, 3.63) is 70.0 Å². The number of nitrogens with zero attached hydrogens (tertiary/aromatic N) is 2. The number of primary amides is 1. The van der Waals surface area contributed by atoms with Crippen molar-refractivity contribution < 1.29 is 33.0 Å². The predicted molar refractivity (Wildman–Crippen MR) is 138 cm³/mol. The number of methoxy groups -OCH3 is 1. The molecule has 2 aromatic carbocycles. The number of carbonyl (C=O) groups excluding carboxylic acids is 4. The zero-order valence-corrected chi connectivity index (χ0v) is 21.6. The van der Waals surface area contributed by atoms with Gasteiger partial charge in [-0.15, -0.1) is 0 Å². The highest BCUT2D eigenvalue weighted by Crippen LogP contribution is 2.38. The summed E-state index contributed by atoms with van der Waals surface area (Å²) in [6, 6.07) is 8.44. The number of aryl methyl sites for hydroxylation is 1. The standard InChI is InChI=1S/C25H26FN5O6S/c1-4-37-18(32)12-29-24(34)21(14-6-8-15(26)9-7-14)31(16-11-13(2)5-10-17(16)36-3)25(35)22-19(27)20(23(28)33)30-38-22/h5-11,21H,4,12,27H2,1-3H3,(H2,28,33)(H,29,34)/t21-/m0/s1. The Kier molecular flexibility index (Phi) is 8.97. The van der Waals surface area contributed by atoms with E-state index in [9.17, 15) is 23.6 Å². The number of halogens is 1. The average Bonchev–Trinajstić information content (AvgIpc) is 3.28. The van der Waals surface area contributed by atoms with Crippen LogP contribution in [-0.2, 0) is 14.3 Å². The summed E-state index contributed by atoms with van der Waals surface area (Å²) in [5.74, 6) is -3.55. The second-order valence-electron chi connectivity index (χ2n) is 7.97. The lowest BCUT2D eigenvalue weighted by atomic mass is 10.0. The first kappa shape index (κ1) is 28.1. The number of rotatable bonds is 10. The van der Waals surface area contributed by atoms with Crippen LogP contribution in [-0.4, -0.2) is 48.3 Å². The number of carbonyl (C=O) groups is 4. The van der Waals surface area contributed by atoms with Crippen molar-refractivity contribution in [2.45, 2.75) is 19.9 Å². The van der Waals surface area contributed by atoms with Crippen LogP contribution in [0.5, 0.6) is 5.75 Å². The van der Waals surface area contributed by atoms with E-state index < -0.39 is 42.1 Å². The number of amides is 3. The van der Waals surface area contributed by atoms with Gasteiger partial charge in [0.25, 0.3) is 11.8 Å². The van der Waals surface area contributed by atoms with E-state index >= 15 is 0 Å².